The summed E-state index contributed by atoms with van der Waals surface area (Å²) in [7, 11) is 1.64. The number of aliphatic imine (C=N–C) groups is 1. The largest absolute Gasteiger partial charge is 0.382 e. The van der Waals surface area contributed by atoms with Crippen molar-refractivity contribution in [1.82, 2.24) is 5.32 Å². The van der Waals surface area contributed by atoms with E-state index in [2.05, 4.69) is 10.3 Å². The second-order valence-electron chi connectivity index (χ2n) is 2.65. The molecule has 0 saturated heterocycles. The molecule has 0 spiro atoms. The zero-order chi connectivity index (χ0) is 10.2. The van der Waals surface area contributed by atoms with Gasteiger partial charge >= 0.3 is 5.24 Å². The molecule has 1 rings (SSSR count). The lowest BCUT2D eigenvalue weighted by atomic mass is 10.6. The van der Waals surface area contributed by atoms with Crippen molar-refractivity contribution in [3.8, 4) is 0 Å². The third kappa shape index (κ3) is 4.59. The smallest absolute Gasteiger partial charge is 0.306 e. The second kappa shape index (κ2) is 6.80. The van der Waals surface area contributed by atoms with Crippen LogP contribution in [-0.2, 0) is 9.47 Å². The normalized spacial score (nSPS) is 15.8. The number of ether oxygens (including phenoxy) is 2. The lowest BCUT2D eigenvalue weighted by Crippen LogP contribution is -2.27. The Labute approximate surface area is 87.2 Å². The standard InChI is InChI=1S/C8H14N2O3S/c1-12-4-5-13-3-2-9-7-6-14-8(11)10-7/h2-6H2,1H3,(H,9,10,11). The van der Waals surface area contributed by atoms with Crippen LogP contribution in [0.2, 0.25) is 0 Å². The Morgan fingerprint density at radius 3 is 3.00 bits per heavy atom. The molecule has 0 radical (unpaired) electrons. The first-order valence-electron chi connectivity index (χ1n) is 4.38. The van der Waals surface area contributed by atoms with Crippen molar-refractivity contribution >= 4 is 22.8 Å². The van der Waals surface area contributed by atoms with Gasteiger partial charge in [0.2, 0.25) is 0 Å². The Morgan fingerprint density at radius 1 is 1.50 bits per heavy atom. The molecule has 1 aliphatic heterocycles. The van der Waals surface area contributed by atoms with Crippen LogP contribution in [0.1, 0.15) is 0 Å². The van der Waals surface area contributed by atoms with Crippen LogP contribution in [0.15, 0.2) is 4.99 Å². The SMILES string of the molecule is COCCOCCNC1=NC(=O)SC1. The van der Waals surface area contributed by atoms with Gasteiger partial charge in [0.25, 0.3) is 0 Å². The highest BCUT2D eigenvalue weighted by Gasteiger charge is 2.13. The predicted molar refractivity (Wildman–Crippen MR) is 56.0 cm³/mol. The van der Waals surface area contributed by atoms with Gasteiger partial charge in [-0.25, -0.2) is 0 Å². The van der Waals surface area contributed by atoms with E-state index in [1.165, 1.54) is 11.8 Å². The van der Waals surface area contributed by atoms with Crippen molar-refractivity contribution in [2.45, 2.75) is 0 Å². The molecule has 1 amide bonds. The first kappa shape index (κ1) is 11.5. The molecule has 0 saturated carbocycles. The molecule has 14 heavy (non-hydrogen) atoms. The third-order valence-corrected chi connectivity index (χ3v) is 2.32. The van der Waals surface area contributed by atoms with Gasteiger partial charge in [-0.15, -0.1) is 0 Å². The quantitative estimate of drug-likeness (QED) is 0.658. The zero-order valence-corrected chi connectivity index (χ0v) is 8.93. The lowest BCUT2D eigenvalue weighted by molar-refractivity contribution is 0.0734. The molecule has 6 heteroatoms. The number of amidine groups is 1. The van der Waals surface area contributed by atoms with E-state index in [4.69, 9.17) is 9.47 Å². The predicted octanol–water partition coefficient (Wildman–Crippen LogP) is 0.504. The molecule has 1 aliphatic rings. The summed E-state index contributed by atoms with van der Waals surface area (Å²) in [5.74, 6) is 1.40. The van der Waals surface area contributed by atoms with Crippen molar-refractivity contribution in [1.29, 1.82) is 0 Å². The van der Waals surface area contributed by atoms with Crippen LogP contribution in [0.5, 0.6) is 0 Å². The van der Waals surface area contributed by atoms with Crippen LogP contribution in [-0.4, -0.2) is 50.3 Å². The van der Waals surface area contributed by atoms with Gasteiger partial charge in [0.15, 0.2) is 0 Å². The van der Waals surface area contributed by atoms with Crippen molar-refractivity contribution in [2.24, 2.45) is 4.99 Å². The molecule has 0 aromatic rings. The summed E-state index contributed by atoms with van der Waals surface area (Å²) in [6.07, 6.45) is 0. The van der Waals surface area contributed by atoms with Gasteiger partial charge in [0.1, 0.15) is 5.84 Å². The van der Waals surface area contributed by atoms with Gasteiger partial charge in [0.05, 0.1) is 25.6 Å². The Kier molecular flexibility index (Phi) is 5.58. The van der Waals surface area contributed by atoms with Crippen LogP contribution in [0.3, 0.4) is 0 Å². The fourth-order valence-corrected chi connectivity index (χ4v) is 1.51. The summed E-state index contributed by atoms with van der Waals surface area (Å²) < 4.78 is 10.0. The minimum atomic E-state index is -0.118. The van der Waals surface area contributed by atoms with E-state index in [0.717, 1.165) is 5.84 Å². The van der Waals surface area contributed by atoms with Crippen LogP contribution >= 0.6 is 11.8 Å². The maximum Gasteiger partial charge on any atom is 0.306 e. The molecule has 0 fully saturated rings. The van der Waals surface area contributed by atoms with Crippen molar-refractivity contribution in [2.75, 3.05) is 39.2 Å². The molecule has 1 N–H and O–H groups in total. The number of carbonyl (C=O) groups is 1. The molecule has 0 aromatic carbocycles. The number of hydrogen-bond acceptors (Lipinski definition) is 5. The number of methoxy groups -OCH3 is 1. The number of thioether (sulfide) groups is 1. The number of nitrogens with one attached hydrogen (secondary N) is 1. The maximum absolute atomic E-state index is 10.7. The summed E-state index contributed by atoms with van der Waals surface area (Å²) in [6.45, 7) is 2.48. The molecule has 0 bridgehead atoms. The summed E-state index contributed by atoms with van der Waals surface area (Å²) in [5.41, 5.74) is 0. The van der Waals surface area contributed by atoms with E-state index in [9.17, 15) is 4.79 Å². The van der Waals surface area contributed by atoms with E-state index in [0.29, 0.717) is 32.1 Å². The van der Waals surface area contributed by atoms with Gasteiger partial charge in [-0.1, -0.05) is 11.8 Å². The number of nitrogens with zero attached hydrogens (tertiary/aromatic N) is 1. The first-order chi connectivity index (χ1) is 6.83. The zero-order valence-electron chi connectivity index (χ0n) is 8.12. The highest BCUT2D eigenvalue weighted by atomic mass is 32.2. The summed E-state index contributed by atoms with van der Waals surface area (Å²) in [5, 5.41) is 2.91. The summed E-state index contributed by atoms with van der Waals surface area (Å²) in [6, 6.07) is 0. The maximum atomic E-state index is 10.7. The van der Waals surface area contributed by atoms with E-state index in [-0.39, 0.29) is 5.24 Å². The minimum Gasteiger partial charge on any atom is -0.382 e. The summed E-state index contributed by atoms with van der Waals surface area (Å²) in [4.78, 5) is 14.5. The first-order valence-corrected chi connectivity index (χ1v) is 5.36. The second-order valence-corrected chi connectivity index (χ2v) is 3.57. The molecular weight excluding hydrogens is 204 g/mol. The van der Waals surface area contributed by atoms with Crippen molar-refractivity contribution in [3.63, 3.8) is 0 Å². The Balaban J connectivity index is 1.94. The summed E-state index contributed by atoms with van der Waals surface area (Å²) >= 11 is 1.21. The number of hydrogen-bond donors (Lipinski definition) is 1. The average molecular weight is 218 g/mol. The number of rotatable bonds is 6. The molecule has 0 aliphatic carbocycles. The van der Waals surface area contributed by atoms with Crippen LogP contribution in [0.25, 0.3) is 0 Å². The topological polar surface area (TPSA) is 59.9 Å². The van der Waals surface area contributed by atoms with Gasteiger partial charge in [-0.3, -0.25) is 4.79 Å². The average Bonchev–Trinajstić information content (AvgIpc) is 2.58. The highest BCUT2D eigenvalue weighted by molar-refractivity contribution is 8.14. The molecular formula is C8H14N2O3S. The lowest BCUT2D eigenvalue weighted by Gasteiger charge is -2.05. The molecule has 0 aromatic heterocycles. The third-order valence-electron chi connectivity index (χ3n) is 1.57. The van der Waals surface area contributed by atoms with Gasteiger partial charge in [-0.05, 0) is 0 Å². The van der Waals surface area contributed by atoms with Crippen LogP contribution < -0.4 is 5.32 Å². The van der Waals surface area contributed by atoms with Crippen LogP contribution in [0, 0.1) is 0 Å². The van der Waals surface area contributed by atoms with Gasteiger partial charge < -0.3 is 14.8 Å². The Hall–Kier alpha value is -0.590. The van der Waals surface area contributed by atoms with Crippen LogP contribution in [0.4, 0.5) is 4.79 Å². The molecule has 0 unspecified atom stereocenters. The number of amides is 1. The molecule has 1 heterocycles. The van der Waals surface area contributed by atoms with E-state index in [1.807, 2.05) is 0 Å². The fraction of sp³-hybridized carbons (Fsp3) is 0.750. The minimum absolute atomic E-state index is 0.118. The van der Waals surface area contributed by atoms with E-state index < -0.39 is 0 Å². The van der Waals surface area contributed by atoms with Crippen molar-refractivity contribution < 1.29 is 14.3 Å². The van der Waals surface area contributed by atoms with E-state index >= 15 is 0 Å². The van der Waals surface area contributed by atoms with E-state index in [1.54, 1.807) is 7.11 Å². The molecule has 80 valence electrons. The Morgan fingerprint density at radius 2 is 2.36 bits per heavy atom. The molecule has 0 atom stereocenters. The monoisotopic (exact) mass is 218 g/mol. The highest BCUT2D eigenvalue weighted by Crippen LogP contribution is 2.11. The van der Waals surface area contributed by atoms with Crippen molar-refractivity contribution in [3.05, 3.63) is 0 Å². The van der Waals surface area contributed by atoms with Gasteiger partial charge in [-0.2, -0.15) is 4.99 Å². The Bertz CT molecular complexity index is 221. The fourth-order valence-electron chi connectivity index (χ4n) is 0.907. The van der Waals surface area contributed by atoms with Gasteiger partial charge in [0, 0.05) is 13.7 Å². The molecule has 5 nitrogen and oxygen atoms in total. The number of carbonyl (C=O) groups excluding carboxylic acids is 1.